The molecule has 4 heterocycles. The van der Waals surface area contributed by atoms with Crippen LogP contribution < -0.4 is 0 Å². The summed E-state index contributed by atoms with van der Waals surface area (Å²) in [6.07, 6.45) is 2.14. The molecule has 12 rings (SSSR count). The van der Waals surface area contributed by atoms with E-state index in [1.165, 1.54) is 0 Å². The molecule has 0 N–H and O–H groups in total. The second-order valence-electron chi connectivity index (χ2n) is 17.0. The van der Waals surface area contributed by atoms with E-state index in [0.717, 1.165) is 71.5 Å². The van der Waals surface area contributed by atoms with Crippen LogP contribution >= 0.6 is 0 Å². The smallest absolute Gasteiger partial charge is 0.136 e. The summed E-state index contributed by atoms with van der Waals surface area (Å²) in [7, 11) is 0. The van der Waals surface area contributed by atoms with Gasteiger partial charge in [-0.3, -0.25) is 0 Å². The van der Waals surface area contributed by atoms with Crippen LogP contribution in [0.1, 0.15) is 31.8 Å². The van der Waals surface area contributed by atoms with Crippen molar-refractivity contribution in [2.24, 2.45) is 0 Å². The molecule has 312 valence electrons. The van der Waals surface area contributed by atoms with Crippen molar-refractivity contribution in [2.45, 2.75) is 26.2 Å². The van der Waals surface area contributed by atoms with Gasteiger partial charge in [0.25, 0.3) is 0 Å². The molecule has 5 nitrogen and oxygen atoms in total. The van der Waals surface area contributed by atoms with Crippen molar-refractivity contribution in [3.63, 3.8) is 0 Å². The largest absolute Gasteiger partial charge is 0.510 e. The van der Waals surface area contributed by atoms with Gasteiger partial charge in [0.15, 0.2) is 0 Å². The first-order valence-electron chi connectivity index (χ1n) is 23.1. The molecule has 8 aromatic carbocycles. The van der Waals surface area contributed by atoms with Crippen LogP contribution in [0.2, 0.25) is 0 Å². The van der Waals surface area contributed by atoms with Gasteiger partial charge in [0.1, 0.15) is 5.65 Å². The normalized spacial score (nSPS) is 12.7. The molecule has 0 aliphatic carbocycles. The van der Waals surface area contributed by atoms with Crippen LogP contribution in [0, 0.1) is 12.1 Å². The number of fused-ring (bicyclic) bond motifs is 23. The molecule has 0 amide bonds. The summed E-state index contributed by atoms with van der Waals surface area (Å²) in [5, 5.41) is 6.07. The zero-order valence-electron chi connectivity index (χ0n) is 39.2. The Morgan fingerprint density at radius 1 is 0.594 bits per heavy atom. The monoisotopic (exact) mass is 1010 g/mol. The second kappa shape index (κ2) is 15.5. The molecule has 0 saturated heterocycles. The van der Waals surface area contributed by atoms with Crippen molar-refractivity contribution in [3.8, 4) is 22.5 Å². The molecule has 0 unspecified atom stereocenters. The summed E-state index contributed by atoms with van der Waals surface area (Å²) >= 11 is 0. The quantitative estimate of drug-likeness (QED) is 0.154. The predicted molar refractivity (Wildman–Crippen MR) is 261 cm³/mol. The van der Waals surface area contributed by atoms with Gasteiger partial charge >= 0.3 is 0 Å². The van der Waals surface area contributed by atoms with Crippen LogP contribution in [-0.2, 0) is 26.5 Å². The number of nitrogens with zero attached hydrogens (tertiary/aromatic N) is 4. The Balaban J connectivity index is 0.00000507. The molecule has 0 spiro atoms. The third-order valence-electron chi connectivity index (χ3n) is 12.1. The summed E-state index contributed by atoms with van der Waals surface area (Å²) in [6, 6.07) is 62.3. The molecule has 64 heavy (non-hydrogen) atoms. The van der Waals surface area contributed by atoms with Gasteiger partial charge in [0.05, 0.1) is 11.0 Å². The average molecular weight is 1010 g/mol. The standard InChI is InChI=1S/C58H41N4O.Pt/c1-58(2,3)41-33-51-40-19-13-18-39(32-40)45-22-7-8-23-47(45)50-26-15-25-46(38-16-5-4-6-17-38)57(50)61-37-60(53-28-11-12-29-54(53)61)42-20-14-21-43(35-42)63-44-30-31-49-48-24-9-10-27-52(48)62(55(49)36-44)56(34-41)59-51;/h4-34,37H,1-3H3;/q-3;/i9D,10D,24D,27D;. The van der Waals surface area contributed by atoms with Gasteiger partial charge in [-0.2, -0.15) is 24.3 Å². The summed E-state index contributed by atoms with van der Waals surface area (Å²) in [4.78, 5) is 5.38. The summed E-state index contributed by atoms with van der Waals surface area (Å²) < 4.78 is 48.9. The fourth-order valence-electron chi connectivity index (χ4n) is 9.05. The van der Waals surface area contributed by atoms with E-state index in [1.807, 2.05) is 40.8 Å². The minimum absolute atomic E-state index is 0. The van der Waals surface area contributed by atoms with Crippen molar-refractivity contribution in [3.05, 3.63) is 212 Å². The van der Waals surface area contributed by atoms with Gasteiger partial charge < -0.3 is 18.0 Å². The fraction of sp³-hybridized carbons (Fsp3) is 0.0690. The maximum atomic E-state index is 9.31. The van der Waals surface area contributed by atoms with Crippen LogP contribution in [0.25, 0.3) is 105 Å². The van der Waals surface area contributed by atoms with Crippen LogP contribution in [0.4, 0.5) is 0 Å². The van der Waals surface area contributed by atoms with Gasteiger partial charge in [-0.25, -0.2) is 4.98 Å². The zero-order valence-corrected chi connectivity index (χ0v) is 37.5. The number of hydrogen-bond acceptors (Lipinski definition) is 2. The first-order chi connectivity index (χ1) is 32.5. The minimum atomic E-state index is -0.323. The van der Waals surface area contributed by atoms with Crippen molar-refractivity contribution < 1.29 is 31.0 Å². The number of para-hydroxylation sites is 4. The molecule has 1 aliphatic rings. The minimum Gasteiger partial charge on any atom is -0.510 e. The number of hydrogen-bond donors (Lipinski definition) is 0. The van der Waals surface area contributed by atoms with Crippen LogP contribution in [-0.4, -0.2) is 18.5 Å². The number of imidazole rings is 1. The van der Waals surface area contributed by atoms with Crippen molar-refractivity contribution >= 4 is 82.1 Å². The van der Waals surface area contributed by atoms with E-state index in [-0.39, 0.29) is 50.6 Å². The first-order valence-corrected chi connectivity index (χ1v) is 21.1. The third kappa shape index (κ3) is 6.58. The van der Waals surface area contributed by atoms with Crippen molar-refractivity contribution in [2.75, 3.05) is 0 Å². The van der Waals surface area contributed by atoms with Crippen molar-refractivity contribution in [1.82, 2.24) is 18.5 Å². The van der Waals surface area contributed by atoms with E-state index in [2.05, 4.69) is 170 Å². The van der Waals surface area contributed by atoms with E-state index in [4.69, 9.17) is 13.5 Å². The SMILES string of the molecule is [2H]c1c([2H])c([2H])c2c(c1[2H])c1ccc3[c-]c1n2c1cc(C(C)(C)C)cc(n1)c1cccc(c1)c1ccccc1c1cccc(-c2ccccc2)c1n1[cH-]n(c2[c-]c(ccc2)o3)-c2ccccc2-1.[Pt]. The van der Waals surface area contributed by atoms with Gasteiger partial charge in [0.2, 0.25) is 0 Å². The average Bonchev–Trinajstić information content (AvgIpc) is 3.91. The molecule has 0 radical (unpaired) electrons. The van der Waals surface area contributed by atoms with E-state index >= 15 is 0 Å². The molecule has 0 atom stereocenters. The molecule has 11 aromatic rings. The zero-order chi connectivity index (χ0) is 45.7. The molecule has 3 aromatic heterocycles. The van der Waals surface area contributed by atoms with Gasteiger partial charge in [-0.15, -0.1) is 29.1 Å². The number of rotatable bonds is 1. The topological polar surface area (TPSA) is 40.3 Å². The van der Waals surface area contributed by atoms with Gasteiger partial charge in [0, 0.05) is 49.5 Å². The van der Waals surface area contributed by atoms with E-state index in [9.17, 15) is 1.37 Å². The Hall–Kier alpha value is -7.33. The van der Waals surface area contributed by atoms with E-state index < -0.39 is 0 Å². The Morgan fingerprint density at radius 3 is 2.14 bits per heavy atom. The Morgan fingerprint density at radius 2 is 1.30 bits per heavy atom. The maximum absolute atomic E-state index is 9.31. The van der Waals surface area contributed by atoms with Gasteiger partial charge in [-0.05, 0) is 90.2 Å². The van der Waals surface area contributed by atoms with E-state index in [1.54, 1.807) is 6.07 Å². The summed E-state index contributed by atoms with van der Waals surface area (Å²) in [6.45, 7) is 6.48. The van der Waals surface area contributed by atoms with Gasteiger partial charge in [-0.1, -0.05) is 160 Å². The van der Waals surface area contributed by atoms with Crippen LogP contribution in [0.3, 0.4) is 0 Å². The molecule has 1 aliphatic heterocycles. The Labute approximate surface area is 390 Å². The second-order valence-corrected chi connectivity index (χ2v) is 17.0. The molecule has 6 heteroatoms. The maximum Gasteiger partial charge on any atom is 0.136 e. The fourth-order valence-corrected chi connectivity index (χ4v) is 9.05. The summed E-state index contributed by atoms with van der Waals surface area (Å²) in [5.74, 6) is 0. The predicted octanol–water partition coefficient (Wildman–Crippen LogP) is 15.1. The van der Waals surface area contributed by atoms with E-state index in [0.29, 0.717) is 38.6 Å². The molecular formula is C58H41N4OPt-3. The Bertz CT molecular complexity index is 4150. The molecular weight excluding hydrogens is 964 g/mol. The van der Waals surface area contributed by atoms with Crippen LogP contribution in [0.5, 0.6) is 0 Å². The molecule has 0 fully saturated rings. The van der Waals surface area contributed by atoms with Crippen LogP contribution in [0.15, 0.2) is 199 Å². The number of benzene rings is 8. The number of pyridine rings is 1. The molecule has 10 bridgehead atoms. The Kier molecular flexibility index (Phi) is 8.51. The number of aromatic nitrogens is 4. The molecule has 0 saturated carbocycles. The third-order valence-corrected chi connectivity index (χ3v) is 12.1. The summed E-state index contributed by atoms with van der Waals surface area (Å²) in [5.41, 5.74) is 9.55. The first kappa shape index (κ1) is 35.2. The van der Waals surface area contributed by atoms with Crippen molar-refractivity contribution in [1.29, 1.82) is 0 Å².